The Labute approximate surface area is 103 Å². The molecule has 0 heterocycles. The van der Waals surface area contributed by atoms with Gasteiger partial charge in [-0.3, -0.25) is 4.79 Å². The lowest BCUT2D eigenvalue weighted by Crippen LogP contribution is -2.37. The maximum absolute atomic E-state index is 13.5. The SMILES string of the molecule is CCC(C)C(N)C(=O)c1cc(Br)ccc1F. The number of carbonyl (C=O) groups is 1. The van der Waals surface area contributed by atoms with Gasteiger partial charge in [0.15, 0.2) is 5.78 Å². The van der Waals surface area contributed by atoms with E-state index in [9.17, 15) is 9.18 Å². The maximum Gasteiger partial charge on any atom is 0.182 e. The molecule has 1 aromatic carbocycles. The predicted octanol–water partition coefficient (Wildman–Crippen LogP) is 3.14. The standard InChI is InChI=1S/C12H15BrFNO/c1-3-7(2)11(15)12(16)9-6-8(13)4-5-10(9)14/h4-7,11H,3,15H2,1-2H3. The van der Waals surface area contributed by atoms with Crippen LogP contribution in [0, 0.1) is 11.7 Å². The fraction of sp³-hybridized carbons (Fsp3) is 0.417. The fourth-order valence-corrected chi connectivity index (χ4v) is 1.74. The van der Waals surface area contributed by atoms with Crippen LogP contribution >= 0.6 is 15.9 Å². The summed E-state index contributed by atoms with van der Waals surface area (Å²) >= 11 is 3.21. The van der Waals surface area contributed by atoms with Gasteiger partial charge in [0.1, 0.15) is 5.82 Å². The zero-order valence-electron chi connectivity index (χ0n) is 9.34. The molecular weight excluding hydrogens is 273 g/mol. The lowest BCUT2D eigenvalue weighted by Gasteiger charge is -2.17. The molecule has 0 aliphatic heterocycles. The topological polar surface area (TPSA) is 43.1 Å². The molecule has 2 N–H and O–H groups in total. The number of benzene rings is 1. The van der Waals surface area contributed by atoms with Crippen LogP contribution in [0.5, 0.6) is 0 Å². The van der Waals surface area contributed by atoms with Gasteiger partial charge in [-0.1, -0.05) is 36.2 Å². The van der Waals surface area contributed by atoms with Crippen LogP contribution < -0.4 is 5.73 Å². The number of hydrogen-bond donors (Lipinski definition) is 1. The molecule has 0 fully saturated rings. The van der Waals surface area contributed by atoms with E-state index >= 15 is 0 Å². The monoisotopic (exact) mass is 287 g/mol. The zero-order chi connectivity index (χ0) is 12.3. The van der Waals surface area contributed by atoms with Crippen molar-refractivity contribution in [1.29, 1.82) is 0 Å². The van der Waals surface area contributed by atoms with E-state index in [1.807, 2.05) is 13.8 Å². The van der Waals surface area contributed by atoms with Gasteiger partial charge < -0.3 is 5.73 Å². The first-order chi connectivity index (χ1) is 7.47. The molecule has 2 unspecified atom stereocenters. The number of rotatable bonds is 4. The van der Waals surface area contributed by atoms with Crippen molar-refractivity contribution in [3.05, 3.63) is 34.1 Å². The molecule has 88 valence electrons. The summed E-state index contributed by atoms with van der Waals surface area (Å²) in [6.45, 7) is 3.84. The van der Waals surface area contributed by atoms with E-state index in [2.05, 4.69) is 15.9 Å². The van der Waals surface area contributed by atoms with Gasteiger partial charge in [-0.2, -0.15) is 0 Å². The summed E-state index contributed by atoms with van der Waals surface area (Å²) in [7, 11) is 0. The minimum Gasteiger partial charge on any atom is -0.321 e. The lowest BCUT2D eigenvalue weighted by molar-refractivity contribution is 0.0931. The van der Waals surface area contributed by atoms with Crippen LogP contribution in [0.4, 0.5) is 4.39 Å². The number of hydrogen-bond acceptors (Lipinski definition) is 2. The molecule has 0 bridgehead atoms. The Kier molecular flexibility index (Phi) is 4.62. The third kappa shape index (κ3) is 2.89. The first-order valence-electron chi connectivity index (χ1n) is 5.22. The number of Topliss-reactive ketones (excluding diaryl/α,β-unsaturated/α-hetero) is 1. The Morgan fingerprint density at radius 3 is 2.75 bits per heavy atom. The predicted molar refractivity (Wildman–Crippen MR) is 65.9 cm³/mol. The molecule has 0 aliphatic carbocycles. The molecule has 0 aliphatic rings. The molecule has 4 heteroatoms. The Bertz CT molecular complexity index is 395. The molecule has 0 saturated carbocycles. The van der Waals surface area contributed by atoms with Crippen molar-refractivity contribution in [2.24, 2.45) is 11.7 Å². The van der Waals surface area contributed by atoms with Gasteiger partial charge in [0.2, 0.25) is 0 Å². The van der Waals surface area contributed by atoms with Crippen molar-refractivity contribution in [1.82, 2.24) is 0 Å². The highest BCUT2D eigenvalue weighted by Crippen LogP contribution is 2.19. The normalized spacial score (nSPS) is 14.6. The van der Waals surface area contributed by atoms with Gasteiger partial charge in [-0.15, -0.1) is 0 Å². The molecule has 2 nitrogen and oxygen atoms in total. The van der Waals surface area contributed by atoms with E-state index in [-0.39, 0.29) is 17.3 Å². The number of ketones is 1. The summed E-state index contributed by atoms with van der Waals surface area (Å²) in [5.74, 6) is -0.814. The van der Waals surface area contributed by atoms with Crippen molar-refractivity contribution < 1.29 is 9.18 Å². The average Bonchev–Trinajstić information content (AvgIpc) is 2.29. The molecule has 0 spiro atoms. The summed E-state index contributed by atoms with van der Waals surface area (Å²) in [6.07, 6.45) is 0.794. The van der Waals surface area contributed by atoms with E-state index < -0.39 is 11.9 Å². The van der Waals surface area contributed by atoms with Crippen LogP contribution in [0.25, 0.3) is 0 Å². The van der Waals surface area contributed by atoms with Gasteiger partial charge in [0.25, 0.3) is 0 Å². The smallest absolute Gasteiger partial charge is 0.182 e. The van der Waals surface area contributed by atoms with Gasteiger partial charge >= 0.3 is 0 Å². The minimum absolute atomic E-state index is 0.0471. The summed E-state index contributed by atoms with van der Waals surface area (Å²) < 4.78 is 14.1. The highest BCUT2D eigenvalue weighted by Gasteiger charge is 2.23. The van der Waals surface area contributed by atoms with Crippen LogP contribution in [-0.2, 0) is 0 Å². The van der Waals surface area contributed by atoms with Gasteiger partial charge in [-0.25, -0.2) is 4.39 Å². The number of nitrogens with two attached hydrogens (primary N) is 1. The van der Waals surface area contributed by atoms with E-state index in [0.717, 1.165) is 6.42 Å². The van der Waals surface area contributed by atoms with Gasteiger partial charge in [0, 0.05) is 4.47 Å². The Morgan fingerprint density at radius 1 is 1.56 bits per heavy atom. The van der Waals surface area contributed by atoms with Gasteiger partial charge in [-0.05, 0) is 24.1 Å². The highest BCUT2D eigenvalue weighted by atomic mass is 79.9. The maximum atomic E-state index is 13.5. The quantitative estimate of drug-likeness (QED) is 0.865. The van der Waals surface area contributed by atoms with E-state index in [1.165, 1.54) is 12.1 Å². The first kappa shape index (κ1) is 13.3. The van der Waals surface area contributed by atoms with Crippen LogP contribution in [0.2, 0.25) is 0 Å². The second-order valence-corrected chi connectivity index (χ2v) is 4.82. The fourth-order valence-electron chi connectivity index (χ4n) is 1.38. The summed E-state index contributed by atoms with van der Waals surface area (Å²) in [5, 5.41) is 0. The third-order valence-corrected chi connectivity index (χ3v) is 3.25. The summed E-state index contributed by atoms with van der Waals surface area (Å²) in [6, 6.07) is 3.65. The Balaban J connectivity index is 3.00. The van der Waals surface area contributed by atoms with E-state index in [0.29, 0.717) is 4.47 Å². The Hall–Kier alpha value is -0.740. The molecule has 0 aromatic heterocycles. The van der Waals surface area contributed by atoms with E-state index in [4.69, 9.17) is 5.73 Å². The van der Waals surface area contributed by atoms with Crippen molar-refractivity contribution in [3.63, 3.8) is 0 Å². The molecule has 1 rings (SSSR count). The van der Waals surface area contributed by atoms with Crippen LogP contribution in [0.3, 0.4) is 0 Å². The van der Waals surface area contributed by atoms with E-state index in [1.54, 1.807) is 6.07 Å². The van der Waals surface area contributed by atoms with Crippen molar-refractivity contribution in [2.75, 3.05) is 0 Å². The summed E-state index contributed by atoms with van der Waals surface area (Å²) in [5.41, 5.74) is 5.85. The first-order valence-corrected chi connectivity index (χ1v) is 6.01. The third-order valence-electron chi connectivity index (χ3n) is 2.75. The minimum atomic E-state index is -0.645. The lowest BCUT2D eigenvalue weighted by atomic mass is 9.92. The molecule has 0 saturated heterocycles. The van der Waals surface area contributed by atoms with Gasteiger partial charge in [0.05, 0.1) is 11.6 Å². The second kappa shape index (κ2) is 5.55. The number of carbonyl (C=O) groups excluding carboxylic acids is 1. The molecule has 2 atom stereocenters. The second-order valence-electron chi connectivity index (χ2n) is 3.90. The van der Waals surface area contributed by atoms with Crippen molar-refractivity contribution >= 4 is 21.7 Å². The van der Waals surface area contributed by atoms with Crippen molar-refractivity contribution in [2.45, 2.75) is 26.3 Å². The summed E-state index contributed by atoms with van der Waals surface area (Å²) in [4.78, 5) is 11.9. The molecular formula is C12H15BrFNO. The molecule has 0 radical (unpaired) electrons. The zero-order valence-corrected chi connectivity index (χ0v) is 10.9. The van der Waals surface area contributed by atoms with Crippen LogP contribution in [0.1, 0.15) is 30.6 Å². The largest absolute Gasteiger partial charge is 0.321 e. The molecule has 16 heavy (non-hydrogen) atoms. The number of halogens is 2. The molecule has 0 amide bonds. The van der Waals surface area contributed by atoms with Crippen LogP contribution in [-0.4, -0.2) is 11.8 Å². The Morgan fingerprint density at radius 2 is 2.19 bits per heavy atom. The van der Waals surface area contributed by atoms with Crippen LogP contribution in [0.15, 0.2) is 22.7 Å². The average molecular weight is 288 g/mol. The van der Waals surface area contributed by atoms with Crippen molar-refractivity contribution in [3.8, 4) is 0 Å². The molecule has 1 aromatic rings. The highest BCUT2D eigenvalue weighted by molar-refractivity contribution is 9.10.